The molecule has 1 unspecified atom stereocenters. The van der Waals surface area contributed by atoms with Gasteiger partial charge >= 0.3 is 0 Å². The number of aliphatic hydroxyl groups is 1. The first-order valence-electron chi connectivity index (χ1n) is 7.20. The van der Waals surface area contributed by atoms with Crippen LogP contribution in [0.5, 0.6) is 5.75 Å². The smallest absolute Gasteiger partial charge is 0.119 e. The number of ether oxygens (including phenoxy) is 1. The molecule has 0 bridgehead atoms. The van der Waals surface area contributed by atoms with Crippen molar-refractivity contribution in [2.75, 3.05) is 20.2 Å². The maximum absolute atomic E-state index is 10.7. The Morgan fingerprint density at radius 3 is 2.60 bits per heavy atom. The summed E-state index contributed by atoms with van der Waals surface area (Å²) in [5, 5.41) is 10.7. The lowest BCUT2D eigenvalue weighted by atomic mass is 9.90. The largest absolute Gasteiger partial charge is 0.497 e. The van der Waals surface area contributed by atoms with Gasteiger partial charge in [-0.05, 0) is 63.5 Å². The fraction of sp³-hybridized carbons (Fsp3) is 0.625. The second-order valence-corrected chi connectivity index (χ2v) is 6.88. The Balaban J connectivity index is 2.12. The van der Waals surface area contributed by atoms with E-state index < -0.39 is 6.10 Å². The van der Waals surface area contributed by atoms with E-state index in [0.29, 0.717) is 6.42 Å². The quantitative estimate of drug-likeness (QED) is 0.892. The molecule has 1 atom stereocenters. The highest BCUT2D eigenvalue weighted by atomic mass is 79.9. The van der Waals surface area contributed by atoms with Crippen molar-refractivity contribution >= 4 is 15.9 Å². The van der Waals surface area contributed by atoms with Gasteiger partial charge < -0.3 is 9.84 Å². The third-order valence-corrected chi connectivity index (χ3v) is 5.18. The van der Waals surface area contributed by atoms with E-state index in [1.54, 1.807) is 7.11 Å². The van der Waals surface area contributed by atoms with Crippen molar-refractivity contribution in [1.82, 2.24) is 4.90 Å². The Morgan fingerprint density at radius 2 is 2.00 bits per heavy atom. The van der Waals surface area contributed by atoms with E-state index >= 15 is 0 Å². The number of halogens is 1. The van der Waals surface area contributed by atoms with E-state index in [0.717, 1.165) is 28.9 Å². The summed E-state index contributed by atoms with van der Waals surface area (Å²) >= 11 is 3.56. The van der Waals surface area contributed by atoms with Gasteiger partial charge in [0.15, 0.2) is 0 Å². The van der Waals surface area contributed by atoms with Crippen LogP contribution < -0.4 is 4.74 Å². The number of hydrogen-bond donors (Lipinski definition) is 1. The van der Waals surface area contributed by atoms with Gasteiger partial charge in [-0.2, -0.15) is 0 Å². The Hall–Kier alpha value is -0.580. The van der Waals surface area contributed by atoms with Crippen LogP contribution >= 0.6 is 15.9 Å². The molecule has 1 saturated heterocycles. The van der Waals surface area contributed by atoms with E-state index in [9.17, 15) is 5.11 Å². The van der Waals surface area contributed by atoms with Gasteiger partial charge in [-0.3, -0.25) is 4.90 Å². The maximum atomic E-state index is 10.7. The molecular formula is C16H24BrNO2. The van der Waals surface area contributed by atoms with Gasteiger partial charge in [0.1, 0.15) is 5.75 Å². The van der Waals surface area contributed by atoms with Gasteiger partial charge in [-0.25, -0.2) is 0 Å². The molecule has 0 aromatic heterocycles. The van der Waals surface area contributed by atoms with Crippen LogP contribution in [0.2, 0.25) is 0 Å². The molecule has 1 aromatic carbocycles. The molecular weight excluding hydrogens is 318 g/mol. The second kappa shape index (κ2) is 6.46. The first-order valence-corrected chi connectivity index (χ1v) is 8.00. The molecule has 0 amide bonds. The van der Waals surface area contributed by atoms with Crippen LogP contribution in [-0.2, 0) is 6.42 Å². The van der Waals surface area contributed by atoms with Crippen molar-refractivity contribution in [3.8, 4) is 5.75 Å². The molecule has 4 heteroatoms. The summed E-state index contributed by atoms with van der Waals surface area (Å²) in [6.07, 6.45) is 2.70. The van der Waals surface area contributed by atoms with Gasteiger partial charge in [-0.1, -0.05) is 15.9 Å². The third kappa shape index (κ3) is 3.35. The highest BCUT2D eigenvalue weighted by molar-refractivity contribution is 9.10. The Kier molecular flexibility index (Phi) is 5.10. The Bertz CT molecular complexity index is 456. The molecule has 1 N–H and O–H groups in total. The minimum atomic E-state index is -0.399. The summed E-state index contributed by atoms with van der Waals surface area (Å²) < 4.78 is 6.29. The number of benzene rings is 1. The summed E-state index contributed by atoms with van der Waals surface area (Å²) in [4.78, 5) is 2.39. The van der Waals surface area contributed by atoms with Crippen LogP contribution in [-0.4, -0.2) is 41.8 Å². The van der Waals surface area contributed by atoms with Crippen LogP contribution in [0.15, 0.2) is 22.7 Å². The normalized spacial score (nSPS) is 18.2. The number of hydrogen-bond acceptors (Lipinski definition) is 3. The van der Waals surface area contributed by atoms with E-state index in [1.807, 2.05) is 18.2 Å². The molecule has 20 heavy (non-hydrogen) atoms. The predicted octanol–water partition coefficient (Wildman–Crippen LogP) is 3.24. The SMILES string of the molecule is COc1ccc(Br)c(CC(O)C(C)(C)N2CCCC2)c1. The van der Waals surface area contributed by atoms with Crippen LogP contribution in [0.25, 0.3) is 0 Å². The summed E-state index contributed by atoms with van der Waals surface area (Å²) in [5.74, 6) is 0.828. The predicted molar refractivity (Wildman–Crippen MR) is 85.3 cm³/mol. The monoisotopic (exact) mass is 341 g/mol. The van der Waals surface area contributed by atoms with Gasteiger partial charge in [0.25, 0.3) is 0 Å². The second-order valence-electron chi connectivity index (χ2n) is 6.03. The number of nitrogens with zero attached hydrogens (tertiary/aromatic N) is 1. The Morgan fingerprint density at radius 1 is 1.35 bits per heavy atom. The molecule has 2 rings (SSSR count). The highest BCUT2D eigenvalue weighted by Crippen LogP contribution is 2.29. The Labute approximate surface area is 130 Å². The molecule has 3 nitrogen and oxygen atoms in total. The molecule has 0 radical (unpaired) electrons. The molecule has 0 spiro atoms. The molecule has 1 aromatic rings. The van der Waals surface area contributed by atoms with Crippen LogP contribution in [0.1, 0.15) is 32.3 Å². The van der Waals surface area contributed by atoms with Crippen LogP contribution in [0, 0.1) is 0 Å². The van der Waals surface area contributed by atoms with Crippen molar-refractivity contribution < 1.29 is 9.84 Å². The zero-order chi connectivity index (χ0) is 14.8. The van der Waals surface area contributed by atoms with E-state index in [4.69, 9.17) is 4.74 Å². The summed E-state index contributed by atoms with van der Waals surface area (Å²) in [6.45, 7) is 6.45. The first-order chi connectivity index (χ1) is 9.45. The van der Waals surface area contributed by atoms with Crippen molar-refractivity contribution in [2.45, 2.75) is 44.8 Å². The first kappa shape index (κ1) is 15.8. The van der Waals surface area contributed by atoms with Crippen molar-refractivity contribution in [2.24, 2.45) is 0 Å². The molecule has 112 valence electrons. The fourth-order valence-corrected chi connectivity index (χ4v) is 3.21. The topological polar surface area (TPSA) is 32.7 Å². The average molecular weight is 342 g/mol. The van der Waals surface area contributed by atoms with Gasteiger partial charge in [-0.15, -0.1) is 0 Å². The van der Waals surface area contributed by atoms with Gasteiger partial charge in [0, 0.05) is 16.4 Å². The maximum Gasteiger partial charge on any atom is 0.119 e. The summed E-state index contributed by atoms with van der Waals surface area (Å²) in [6, 6.07) is 5.89. The standard InChI is InChI=1S/C16H24BrNO2/c1-16(2,18-8-4-5-9-18)15(19)11-12-10-13(20-3)6-7-14(12)17/h6-7,10,15,19H,4-5,8-9,11H2,1-3H3. The van der Waals surface area contributed by atoms with E-state index in [2.05, 4.69) is 34.7 Å². The fourth-order valence-electron chi connectivity index (χ4n) is 2.80. The minimum Gasteiger partial charge on any atom is -0.497 e. The number of rotatable bonds is 5. The zero-order valence-electron chi connectivity index (χ0n) is 12.5. The zero-order valence-corrected chi connectivity index (χ0v) is 14.1. The summed E-state index contributed by atoms with van der Waals surface area (Å²) in [5.41, 5.74) is 0.892. The number of aliphatic hydroxyl groups excluding tert-OH is 1. The third-order valence-electron chi connectivity index (χ3n) is 4.40. The highest BCUT2D eigenvalue weighted by Gasteiger charge is 2.35. The van der Waals surface area contributed by atoms with Gasteiger partial charge in [0.2, 0.25) is 0 Å². The molecule has 1 heterocycles. The van der Waals surface area contributed by atoms with Crippen LogP contribution in [0.4, 0.5) is 0 Å². The average Bonchev–Trinajstić information content (AvgIpc) is 2.95. The number of methoxy groups -OCH3 is 1. The van der Waals surface area contributed by atoms with Gasteiger partial charge in [0.05, 0.1) is 13.2 Å². The molecule has 0 aliphatic carbocycles. The van der Waals surface area contributed by atoms with Crippen molar-refractivity contribution in [3.63, 3.8) is 0 Å². The van der Waals surface area contributed by atoms with Crippen molar-refractivity contribution in [3.05, 3.63) is 28.2 Å². The summed E-state index contributed by atoms with van der Waals surface area (Å²) in [7, 11) is 1.66. The van der Waals surface area contributed by atoms with E-state index in [1.165, 1.54) is 12.8 Å². The molecule has 1 fully saturated rings. The lowest BCUT2D eigenvalue weighted by molar-refractivity contribution is 0.00327. The molecule has 1 aliphatic rings. The minimum absolute atomic E-state index is 0.195. The van der Waals surface area contributed by atoms with Crippen LogP contribution in [0.3, 0.4) is 0 Å². The van der Waals surface area contributed by atoms with E-state index in [-0.39, 0.29) is 5.54 Å². The van der Waals surface area contributed by atoms with Crippen molar-refractivity contribution in [1.29, 1.82) is 0 Å². The lowest BCUT2D eigenvalue weighted by Crippen LogP contribution is -2.51. The lowest BCUT2D eigenvalue weighted by Gasteiger charge is -2.39. The number of likely N-dealkylation sites (tertiary alicyclic amines) is 1. The molecule has 0 saturated carbocycles. The molecule has 1 aliphatic heterocycles.